The summed E-state index contributed by atoms with van der Waals surface area (Å²) in [5, 5.41) is 7.21. The molecular formula is C25H19NO2. The molecule has 4 aromatic carbocycles. The molecule has 0 atom stereocenters. The van der Waals surface area contributed by atoms with E-state index in [0.29, 0.717) is 0 Å². The lowest BCUT2D eigenvalue weighted by Crippen LogP contribution is -2.24. The fourth-order valence-electron chi connectivity index (χ4n) is 3.17. The molecule has 0 unspecified atom stereocenters. The smallest absolute Gasteiger partial charge is 0.408 e. The van der Waals surface area contributed by atoms with Crippen LogP contribution in [0.4, 0.5) is 4.79 Å². The van der Waals surface area contributed by atoms with Gasteiger partial charge < -0.3 is 10.1 Å². The Labute approximate surface area is 164 Å². The molecule has 0 heterocycles. The number of nitrogens with one attached hydrogen (secondary N) is 1. The molecule has 0 aromatic heterocycles. The maximum atomic E-state index is 11.9. The van der Waals surface area contributed by atoms with Gasteiger partial charge in [-0.15, -0.1) is 0 Å². The van der Waals surface area contributed by atoms with E-state index in [1.54, 1.807) is 0 Å². The van der Waals surface area contributed by atoms with E-state index in [1.165, 1.54) is 0 Å². The number of rotatable bonds is 3. The van der Waals surface area contributed by atoms with Gasteiger partial charge in [-0.1, -0.05) is 90.7 Å². The largest absolute Gasteiger partial charge is 0.445 e. The van der Waals surface area contributed by atoms with Crippen molar-refractivity contribution in [1.82, 2.24) is 5.32 Å². The summed E-state index contributed by atoms with van der Waals surface area (Å²) in [7, 11) is 0. The number of hydrogen-bond acceptors (Lipinski definition) is 2. The van der Waals surface area contributed by atoms with Crippen molar-refractivity contribution in [3.05, 3.63) is 96.1 Å². The van der Waals surface area contributed by atoms with Crippen LogP contribution in [-0.4, -0.2) is 12.6 Å². The Morgan fingerprint density at radius 3 is 2.11 bits per heavy atom. The summed E-state index contributed by atoms with van der Waals surface area (Å²) in [6, 6.07) is 28.2. The van der Waals surface area contributed by atoms with Gasteiger partial charge in [0.2, 0.25) is 0 Å². The molecule has 28 heavy (non-hydrogen) atoms. The summed E-state index contributed by atoms with van der Waals surface area (Å²) in [4.78, 5) is 11.9. The molecule has 3 heteroatoms. The predicted octanol–water partition coefficient (Wildman–Crippen LogP) is 5.27. The molecule has 0 spiro atoms. The van der Waals surface area contributed by atoms with Crippen LogP contribution in [0.1, 0.15) is 11.1 Å². The SMILES string of the molecule is O=C(NCC#Cc1c2ccccc2cc2ccccc12)OCc1ccccc1. The van der Waals surface area contributed by atoms with Gasteiger partial charge in [0.1, 0.15) is 6.61 Å². The van der Waals surface area contributed by atoms with Crippen LogP contribution in [0.5, 0.6) is 0 Å². The highest BCUT2D eigenvalue weighted by molar-refractivity contribution is 6.04. The summed E-state index contributed by atoms with van der Waals surface area (Å²) in [5.41, 5.74) is 1.93. The lowest BCUT2D eigenvalue weighted by molar-refractivity contribution is 0.141. The van der Waals surface area contributed by atoms with Crippen LogP contribution in [-0.2, 0) is 11.3 Å². The molecule has 1 N–H and O–H groups in total. The number of fused-ring (bicyclic) bond motifs is 2. The number of carbonyl (C=O) groups is 1. The molecule has 1 amide bonds. The van der Waals surface area contributed by atoms with Gasteiger partial charge in [-0.05, 0) is 33.2 Å². The van der Waals surface area contributed by atoms with Crippen molar-refractivity contribution in [3.63, 3.8) is 0 Å². The van der Waals surface area contributed by atoms with E-state index >= 15 is 0 Å². The fourth-order valence-corrected chi connectivity index (χ4v) is 3.17. The average molecular weight is 365 g/mol. The van der Waals surface area contributed by atoms with Crippen molar-refractivity contribution in [1.29, 1.82) is 0 Å². The van der Waals surface area contributed by atoms with E-state index in [1.807, 2.05) is 54.6 Å². The molecule has 4 aromatic rings. The molecule has 0 saturated carbocycles. The fraction of sp³-hybridized carbons (Fsp3) is 0.0800. The predicted molar refractivity (Wildman–Crippen MR) is 113 cm³/mol. The second-order valence-corrected chi connectivity index (χ2v) is 6.41. The number of benzene rings is 4. The molecular weight excluding hydrogens is 346 g/mol. The van der Waals surface area contributed by atoms with Crippen LogP contribution in [0.25, 0.3) is 21.5 Å². The number of alkyl carbamates (subject to hydrolysis) is 1. The lowest BCUT2D eigenvalue weighted by Gasteiger charge is -2.07. The minimum atomic E-state index is -0.471. The van der Waals surface area contributed by atoms with Crippen molar-refractivity contribution in [2.45, 2.75) is 6.61 Å². The Bertz CT molecular complexity index is 1130. The van der Waals surface area contributed by atoms with E-state index in [-0.39, 0.29) is 13.2 Å². The zero-order valence-electron chi connectivity index (χ0n) is 15.3. The Morgan fingerprint density at radius 1 is 0.821 bits per heavy atom. The molecule has 0 radical (unpaired) electrons. The van der Waals surface area contributed by atoms with Crippen molar-refractivity contribution in [2.24, 2.45) is 0 Å². The van der Waals surface area contributed by atoms with E-state index in [9.17, 15) is 4.79 Å². The van der Waals surface area contributed by atoms with Crippen LogP contribution in [0.15, 0.2) is 84.9 Å². The summed E-state index contributed by atoms with van der Waals surface area (Å²) < 4.78 is 5.20. The van der Waals surface area contributed by atoms with Gasteiger partial charge in [0.05, 0.1) is 6.54 Å². The monoisotopic (exact) mass is 365 g/mol. The van der Waals surface area contributed by atoms with E-state index in [2.05, 4.69) is 47.5 Å². The first-order valence-electron chi connectivity index (χ1n) is 9.15. The van der Waals surface area contributed by atoms with Crippen molar-refractivity contribution >= 4 is 27.6 Å². The molecule has 0 aliphatic rings. The van der Waals surface area contributed by atoms with Crippen LogP contribution in [0, 0.1) is 11.8 Å². The van der Waals surface area contributed by atoms with Crippen LogP contribution < -0.4 is 5.32 Å². The Morgan fingerprint density at radius 2 is 1.43 bits per heavy atom. The van der Waals surface area contributed by atoms with Gasteiger partial charge in [-0.2, -0.15) is 0 Å². The van der Waals surface area contributed by atoms with Gasteiger partial charge in [-0.25, -0.2) is 4.79 Å². The maximum absolute atomic E-state index is 11.9. The zero-order valence-corrected chi connectivity index (χ0v) is 15.3. The molecule has 0 aliphatic heterocycles. The highest BCUT2D eigenvalue weighted by Gasteiger charge is 2.05. The van der Waals surface area contributed by atoms with Crippen molar-refractivity contribution in [3.8, 4) is 11.8 Å². The second kappa shape index (κ2) is 8.28. The standard InChI is InChI=1S/C25H19NO2/c27-25(28-18-19-9-2-1-3-10-19)26-16-8-15-24-22-13-6-4-11-20(22)17-21-12-5-7-14-23(21)24/h1-7,9-14,17H,16,18H2,(H,26,27). The van der Waals surface area contributed by atoms with Gasteiger partial charge in [0.15, 0.2) is 0 Å². The first kappa shape index (κ1) is 17.6. The van der Waals surface area contributed by atoms with Gasteiger partial charge in [-0.3, -0.25) is 0 Å². The van der Waals surface area contributed by atoms with E-state index in [4.69, 9.17) is 4.74 Å². The summed E-state index contributed by atoms with van der Waals surface area (Å²) in [6.07, 6.45) is -0.471. The van der Waals surface area contributed by atoms with Gasteiger partial charge in [0.25, 0.3) is 0 Å². The average Bonchev–Trinajstić information content (AvgIpc) is 2.75. The topological polar surface area (TPSA) is 38.3 Å². The van der Waals surface area contributed by atoms with Crippen LogP contribution in [0.3, 0.4) is 0 Å². The first-order chi connectivity index (χ1) is 13.8. The summed E-state index contributed by atoms with van der Waals surface area (Å²) >= 11 is 0. The molecule has 0 saturated heterocycles. The summed E-state index contributed by atoms with van der Waals surface area (Å²) in [6.45, 7) is 0.471. The Kier molecular flexibility index (Phi) is 5.22. The van der Waals surface area contributed by atoms with Crippen LogP contribution in [0.2, 0.25) is 0 Å². The molecule has 0 bridgehead atoms. The third-order valence-corrected chi connectivity index (χ3v) is 4.52. The molecule has 136 valence electrons. The minimum Gasteiger partial charge on any atom is -0.445 e. The van der Waals surface area contributed by atoms with Gasteiger partial charge in [0, 0.05) is 5.56 Å². The van der Waals surface area contributed by atoms with Crippen LogP contribution >= 0.6 is 0 Å². The lowest BCUT2D eigenvalue weighted by atomic mass is 9.97. The van der Waals surface area contributed by atoms with Gasteiger partial charge >= 0.3 is 6.09 Å². The Balaban J connectivity index is 1.48. The number of hydrogen-bond donors (Lipinski definition) is 1. The van der Waals surface area contributed by atoms with Crippen molar-refractivity contribution < 1.29 is 9.53 Å². The molecule has 0 aliphatic carbocycles. The summed E-state index contributed by atoms with van der Waals surface area (Å²) in [5.74, 6) is 6.29. The van der Waals surface area contributed by atoms with E-state index < -0.39 is 6.09 Å². The quantitative estimate of drug-likeness (QED) is 0.397. The molecule has 0 fully saturated rings. The number of amides is 1. The Hall–Kier alpha value is -3.77. The highest BCUT2D eigenvalue weighted by Crippen LogP contribution is 2.27. The number of ether oxygens (including phenoxy) is 1. The normalized spacial score (nSPS) is 10.3. The molecule has 4 rings (SSSR count). The second-order valence-electron chi connectivity index (χ2n) is 6.41. The molecule has 3 nitrogen and oxygen atoms in total. The van der Waals surface area contributed by atoms with E-state index in [0.717, 1.165) is 32.7 Å². The maximum Gasteiger partial charge on any atom is 0.408 e. The third kappa shape index (κ3) is 3.97. The third-order valence-electron chi connectivity index (χ3n) is 4.52. The first-order valence-corrected chi connectivity index (χ1v) is 9.15. The highest BCUT2D eigenvalue weighted by atomic mass is 16.5. The van der Waals surface area contributed by atoms with Crippen molar-refractivity contribution in [2.75, 3.05) is 6.54 Å². The minimum absolute atomic E-state index is 0.227. The number of carbonyl (C=O) groups excluding carboxylic acids is 1. The zero-order chi connectivity index (χ0) is 19.2.